The van der Waals surface area contributed by atoms with Crippen molar-refractivity contribution in [2.75, 3.05) is 13.7 Å². The summed E-state index contributed by atoms with van der Waals surface area (Å²) in [5, 5.41) is 0.281. The average Bonchev–Trinajstić information content (AvgIpc) is 2.46. The lowest BCUT2D eigenvalue weighted by Crippen LogP contribution is -2.22. The molecule has 0 saturated carbocycles. The van der Waals surface area contributed by atoms with E-state index in [1.807, 2.05) is 13.8 Å². The number of aromatic amines is 1. The molecule has 0 bridgehead atoms. The standard InChI is InChI=1S/C14H18N2O5/c1-4-8-6-10(17)21-13-11(8)12(18)15-14(16-13)20-7-9(5-2)19-3/h6,9H,4-5,7H2,1-3H3,(H,15,16,18). The number of H-pyrrole nitrogens is 1. The third-order valence-electron chi connectivity index (χ3n) is 3.25. The first-order valence-corrected chi connectivity index (χ1v) is 6.81. The predicted molar refractivity (Wildman–Crippen MR) is 76.9 cm³/mol. The van der Waals surface area contributed by atoms with Crippen molar-refractivity contribution in [2.24, 2.45) is 0 Å². The van der Waals surface area contributed by atoms with Gasteiger partial charge in [0.25, 0.3) is 11.6 Å². The highest BCUT2D eigenvalue weighted by atomic mass is 16.5. The van der Waals surface area contributed by atoms with Crippen LogP contribution in [-0.2, 0) is 11.2 Å². The van der Waals surface area contributed by atoms with Gasteiger partial charge in [0.1, 0.15) is 12.0 Å². The number of nitrogens with one attached hydrogen (secondary N) is 1. The second-order valence-electron chi connectivity index (χ2n) is 4.57. The molecule has 0 spiro atoms. The van der Waals surface area contributed by atoms with Crippen molar-refractivity contribution in [3.63, 3.8) is 0 Å². The zero-order valence-corrected chi connectivity index (χ0v) is 12.3. The minimum absolute atomic E-state index is 0.0106. The van der Waals surface area contributed by atoms with Crippen LogP contribution in [0.1, 0.15) is 25.8 Å². The van der Waals surface area contributed by atoms with Gasteiger partial charge < -0.3 is 13.9 Å². The summed E-state index contributed by atoms with van der Waals surface area (Å²) in [7, 11) is 1.58. The van der Waals surface area contributed by atoms with Crippen LogP contribution >= 0.6 is 0 Å². The number of rotatable bonds is 6. The molecule has 2 aromatic rings. The summed E-state index contributed by atoms with van der Waals surface area (Å²) in [6.07, 6.45) is 1.21. The molecule has 0 saturated heterocycles. The molecular formula is C14H18N2O5. The summed E-state index contributed by atoms with van der Waals surface area (Å²) in [5.41, 5.74) is -0.332. The van der Waals surface area contributed by atoms with Crippen molar-refractivity contribution < 1.29 is 13.9 Å². The number of aryl methyl sites for hydroxylation is 1. The van der Waals surface area contributed by atoms with Gasteiger partial charge in [0.2, 0.25) is 5.71 Å². The van der Waals surface area contributed by atoms with E-state index in [1.54, 1.807) is 7.11 Å². The summed E-state index contributed by atoms with van der Waals surface area (Å²) in [4.78, 5) is 30.2. The highest BCUT2D eigenvalue weighted by molar-refractivity contribution is 5.75. The minimum atomic E-state index is -0.535. The Balaban J connectivity index is 2.41. The Hall–Kier alpha value is -2.15. The van der Waals surface area contributed by atoms with Crippen molar-refractivity contribution in [2.45, 2.75) is 32.8 Å². The maximum Gasteiger partial charge on any atom is 0.337 e. The third-order valence-corrected chi connectivity index (χ3v) is 3.25. The first-order valence-electron chi connectivity index (χ1n) is 6.81. The van der Waals surface area contributed by atoms with Gasteiger partial charge in [0, 0.05) is 13.2 Å². The number of methoxy groups -OCH3 is 1. The number of fused-ring (bicyclic) bond motifs is 1. The van der Waals surface area contributed by atoms with Crippen molar-refractivity contribution in [3.05, 3.63) is 32.4 Å². The molecule has 0 radical (unpaired) electrons. The Kier molecular flexibility index (Phi) is 4.74. The van der Waals surface area contributed by atoms with Crippen LogP contribution in [0.3, 0.4) is 0 Å². The number of nitrogens with zero attached hydrogens (tertiary/aromatic N) is 1. The summed E-state index contributed by atoms with van der Waals surface area (Å²) in [6, 6.07) is 1.32. The molecule has 2 aromatic heterocycles. The summed E-state index contributed by atoms with van der Waals surface area (Å²) in [6.45, 7) is 4.06. The Labute approximate surface area is 120 Å². The normalized spacial score (nSPS) is 12.5. The monoisotopic (exact) mass is 294 g/mol. The Morgan fingerprint density at radius 3 is 2.76 bits per heavy atom. The fourth-order valence-corrected chi connectivity index (χ4v) is 2.00. The van der Waals surface area contributed by atoms with Gasteiger partial charge in [-0.1, -0.05) is 13.8 Å². The van der Waals surface area contributed by atoms with E-state index >= 15 is 0 Å². The lowest BCUT2D eigenvalue weighted by molar-refractivity contribution is 0.0522. The van der Waals surface area contributed by atoms with Crippen LogP contribution in [0.25, 0.3) is 11.1 Å². The van der Waals surface area contributed by atoms with Crippen LogP contribution in [0.15, 0.2) is 20.1 Å². The van der Waals surface area contributed by atoms with Gasteiger partial charge in [-0.3, -0.25) is 9.78 Å². The molecule has 0 fully saturated rings. The SMILES string of the molecule is CCc1cc(=O)oc2nc(OCC(CC)OC)[nH]c(=O)c12. The molecule has 0 aliphatic rings. The van der Waals surface area contributed by atoms with Crippen LogP contribution in [0.4, 0.5) is 0 Å². The molecule has 21 heavy (non-hydrogen) atoms. The molecule has 0 aromatic carbocycles. The van der Waals surface area contributed by atoms with Crippen molar-refractivity contribution in [1.82, 2.24) is 9.97 Å². The largest absolute Gasteiger partial charge is 0.462 e. The Morgan fingerprint density at radius 2 is 2.14 bits per heavy atom. The summed E-state index contributed by atoms with van der Waals surface area (Å²) < 4.78 is 15.6. The van der Waals surface area contributed by atoms with Gasteiger partial charge in [-0.2, -0.15) is 4.98 Å². The maximum absolute atomic E-state index is 12.1. The quantitative estimate of drug-likeness (QED) is 0.861. The highest BCUT2D eigenvalue weighted by Gasteiger charge is 2.13. The molecule has 2 rings (SSSR count). The smallest absolute Gasteiger partial charge is 0.337 e. The fraction of sp³-hybridized carbons (Fsp3) is 0.500. The van der Waals surface area contributed by atoms with E-state index in [-0.39, 0.29) is 35.4 Å². The number of hydrogen-bond acceptors (Lipinski definition) is 6. The number of hydrogen-bond donors (Lipinski definition) is 1. The van der Waals surface area contributed by atoms with Gasteiger partial charge in [0.05, 0.1) is 6.10 Å². The molecule has 1 unspecified atom stereocenters. The zero-order chi connectivity index (χ0) is 15.4. The zero-order valence-electron chi connectivity index (χ0n) is 12.3. The maximum atomic E-state index is 12.1. The van der Waals surface area contributed by atoms with Crippen molar-refractivity contribution in [3.8, 4) is 6.01 Å². The molecule has 0 amide bonds. The van der Waals surface area contributed by atoms with E-state index in [4.69, 9.17) is 13.9 Å². The van der Waals surface area contributed by atoms with Crippen LogP contribution in [0, 0.1) is 0 Å². The molecule has 7 nitrogen and oxygen atoms in total. The van der Waals surface area contributed by atoms with Gasteiger partial charge >= 0.3 is 5.63 Å². The van der Waals surface area contributed by atoms with E-state index in [9.17, 15) is 9.59 Å². The lowest BCUT2D eigenvalue weighted by atomic mass is 10.1. The first-order chi connectivity index (χ1) is 10.1. The number of ether oxygens (including phenoxy) is 2. The topological polar surface area (TPSA) is 94.4 Å². The van der Waals surface area contributed by atoms with Crippen LogP contribution in [0.5, 0.6) is 6.01 Å². The van der Waals surface area contributed by atoms with Crippen molar-refractivity contribution in [1.29, 1.82) is 0 Å². The second kappa shape index (κ2) is 6.53. The average molecular weight is 294 g/mol. The van der Waals surface area contributed by atoms with E-state index in [0.29, 0.717) is 12.0 Å². The summed E-state index contributed by atoms with van der Waals surface area (Å²) >= 11 is 0. The second-order valence-corrected chi connectivity index (χ2v) is 4.57. The molecule has 7 heteroatoms. The van der Waals surface area contributed by atoms with E-state index in [0.717, 1.165) is 6.42 Å². The van der Waals surface area contributed by atoms with E-state index < -0.39 is 5.63 Å². The molecule has 1 N–H and O–H groups in total. The van der Waals surface area contributed by atoms with Crippen molar-refractivity contribution >= 4 is 11.1 Å². The van der Waals surface area contributed by atoms with E-state index in [2.05, 4.69) is 9.97 Å². The van der Waals surface area contributed by atoms with E-state index in [1.165, 1.54) is 6.07 Å². The third kappa shape index (κ3) is 3.30. The lowest BCUT2D eigenvalue weighted by Gasteiger charge is -2.13. The first kappa shape index (κ1) is 15.2. The Morgan fingerprint density at radius 1 is 1.38 bits per heavy atom. The minimum Gasteiger partial charge on any atom is -0.462 e. The predicted octanol–water partition coefficient (Wildman–Crippen LogP) is 1.24. The molecule has 0 aliphatic carbocycles. The molecule has 1 atom stereocenters. The van der Waals surface area contributed by atoms with Gasteiger partial charge in [-0.25, -0.2) is 4.79 Å². The van der Waals surface area contributed by atoms with Gasteiger partial charge in [-0.05, 0) is 18.4 Å². The van der Waals surface area contributed by atoms with Crippen LogP contribution < -0.4 is 15.9 Å². The highest BCUT2D eigenvalue weighted by Crippen LogP contribution is 2.13. The number of aromatic nitrogens is 2. The molecule has 114 valence electrons. The Bertz CT molecular complexity index is 730. The molecule has 2 heterocycles. The van der Waals surface area contributed by atoms with Gasteiger partial charge in [0.15, 0.2) is 0 Å². The fourth-order valence-electron chi connectivity index (χ4n) is 2.00. The summed E-state index contributed by atoms with van der Waals surface area (Å²) in [5.74, 6) is 0. The van der Waals surface area contributed by atoms with Crippen LogP contribution in [0.2, 0.25) is 0 Å². The van der Waals surface area contributed by atoms with Gasteiger partial charge in [-0.15, -0.1) is 0 Å². The molecule has 0 aliphatic heterocycles. The van der Waals surface area contributed by atoms with Crippen LogP contribution in [-0.4, -0.2) is 29.8 Å². The molecular weight excluding hydrogens is 276 g/mol.